The van der Waals surface area contributed by atoms with E-state index in [1.165, 1.54) is 11.1 Å². The molecule has 0 N–H and O–H groups in total. The van der Waals surface area contributed by atoms with E-state index < -0.39 is 0 Å². The van der Waals surface area contributed by atoms with E-state index in [0.29, 0.717) is 6.54 Å². The molecule has 0 amide bonds. The summed E-state index contributed by atoms with van der Waals surface area (Å²) in [6.45, 7) is 6.80. The molecule has 0 saturated heterocycles. The van der Waals surface area contributed by atoms with Gasteiger partial charge >= 0.3 is 0 Å². The van der Waals surface area contributed by atoms with Crippen molar-refractivity contribution in [3.05, 3.63) is 64.4 Å². The van der Waals surface area contributed by atoms with Crippen molar-refractivity contribution in [3.63, 3.8) is 0 Å². The van der Waals surface area contributed by atoms with Crippen LogP contribution in [0.1, 0.15) is 45.6 Å². The fraction of sp³-hybridized carbons (Fsp3) is 0.389. The van der Waals surface area contributed by atoms with Crippen LogP contribution in [0.3, 0.4) is 0 Å². The Balaban J connectivity index is 2.46. The molecule has 0 bridgehead atoms. The average Bonchev–Trinajstić information content (AvgIpc) is 2.46. The maximum absolute atomic E-state index is 11.7. The Kier molecular flexibility index (Phi) is 7.41. The Labute approximate surface area is 122 Å². The molecule has 1 aromatic rings. The zero-order valence-corrected chi connectivity index (χ0v) is 12.8. The number of benzene rings is 1. The second kappa shape index (κ2) is 9.13. The van der Waals surface area contributed by atoms with Crippen LogP contribution in [0, 0.1) is 5.21 Å². The predicted molar refractivity (Wildman–Crippen MR) is 86.9 cm³/mol. The van der Waals surface area contributed by atoms with Crippen LogP contribution in [0.25, 0.3) is 0 Å². The summed E-state index contributed by atoms with van der Waals surface area (Å²) in [5.41, 5.74) is 3.70. The quantitative estimate of drug-likeness (QED) is 0.229. The van der Waals surface area contributed by atoms with Gasteiger partial charge in [-0.05, 0) is 33.1 Å². The highest BCUT2D eigenvalue weighted by molar-refractivity contribution is 5.67. The molecule has 0 aromatic heterocycles. The van der Waals surface area contributed by atoms with Crippen LogP contribution in [0.4, 0.5) is 0 Å². The van der Waals surface area contributed by atoms with Crippen molar-refractivity contribution >= 4 is 6.21 Å². The monoisotopic (exact) mass is 271 g/mol. The molecule has 0 unspecified atom stereocenters. The number of rotatable bonds is 7. The fourth-order valence-corrected chi connectivity index (χ4v) is 1.80. The first-order valence-electron chi connectivity index (χ1n) is 7.25. The summed E-state index contributed by atoms with van der Waals surface area (Å²) in [4.78, 5) is 0. The summed E-state index contributed by atoms with van der Waals surface area (Å²) < 4.78 is 0.978. The molecule has 2 heteroatoms. The lowest BCUT2D eigenvalue weighted by Crippen LogP contribution is -2.03. The van der Waals surface area contributed by atoms with Gasteiger partial charge in [0.25, 0.3) is 0 Å². The average molecular weight is 271 g/mol. The van der Waals surface area contributed by atoms with Crippen molar-refractivity contribution in [1.82, 2.24) is 0 Å². The third-order valence-corrected chi connectivity index (χ3v) is 3.30. The van der Waals surface area contributed by atoms with E-state index >= 15 is 0 Å². The van der Waals surface area contributed by atoms with Crippen LogP contribution in [0.2, 0.25) is 0 Å². The number of hydrogen-bond acceptors (Lipinski definition) is 1. The maximum atomic E-state index is 11.7. The zero-order valence-electron chi connectivity index (χ0n) is 12.8. The topological polar surface area (TPSA) is 26.1 Å². The third kappa shape index (κ3) is 6.93. The van der Waals surface area contributed by atoms with E-state index in [9.17, 15) is 5.21 Å². The minimum Gasteiger partial charge on any atom is -0.624 e. The second-order valence-electron chi connectivity index (χ2n) is 5.17. The van der Waals surface area contributed by atoms with E-state index in [0.717, 1.165) is 29.6 Å². The van der Waals surface area contributed by atoms with Crippen molar-refractivity contribution < 1.29 is 4.74 Å². The molecule has 0 aliphatic heterocycles. The fourth-order valence-electron chi connectivity index (χ4n) is 1.80. The van der Waals surface area contributed by atoms with Crippen LogP contribution >= 0.6 is 0 Å². The van der Waals surface area contributed by atoms with Crippen LogP contribution in [-0.4, -0.2) is 11.0 Å². The van der Waals surface area contributed by atoms with Crippen molar-refractivity contribution in [3.8, 4) is 0 Å². The molecule has 0 fully saturated rings. The van der Waals surface area contributed by atoms with Gasteiger partial charge < -0.3 is 5.21 Å². The van der Waals surface area contributed by atoms with Gasteiger partial charge in [0.05, 0.1) is 0 Å². The minimum absolute atomic E-state index is 0.402. The Morgan fingerprint density at radius 2 is 1.85 bits per heavy atom. The molecule has 0 heterocycles. The van der Waals surface area contributed by atoms with Gasteiger partial charge in [-0.1, -0.05) is 54.5 Å². The highest BCUT2D eigenvalue weighted by Gasteiger charge is 1.96. The number of allylic oxidation sites excluding steroid dienone is 4. The molecular formula is C18H25NO. The highest BCUT2D eigenvalue weighted by Crippen LogP contribution is 2.07. The summed E-state index contributed by atoms with van der Waals surface area (Å²) in [6, 6.07) is 9.79. The van der Waals surface area contributed by atoms with Gasteiger partial charge in [0.15, 0.2) is 12.8 Å². The predicted octanol–water partition coefficient (Wildman–Crippen LogP) is 4.85. The van der Waals surface area contributed by atoms with E-state index in [1.54, 1.807) is 6.21 Å². The first-order valence-corrected chi connectivity index (χ1v) is 7.25. The van der Waals surface area contributed by atoms with Crippen molar-refractivity contribution in [1.29, 1.82) is 0 Å². The molecule has 0 aliphatic rings. The third-order valence-electron chi connectivity index (χ3n) is 3.30. The molecule has 0 spiro atoms. The van der Waals surface area contributed by atoms with E-state index in [-0.39, 0.29) is 0 Å². The number of nitrogens with zero attached hydrogens (tertiary/aromatic N) is 1. The molecule has 2 nitrogen and oxygen atoms in total. The first-order chi connectivity index (χ1) is 9.61. The molecule has 0 radical (unpaired) electrons. The Bertz CT molecular complexity index is 483. The van der Waals surface area contributed by atoms with Crippen LogP contribution in [-0.2, 0) is 6.54 Å². The summed E-state index contributed by atoms with van der Waals surface area (Å²) in [6.07, 6.45) is 8.99. The summed E-state index contributed by atoms with van der Waals surface area (Å²) in [5, 5.41) is 11.7. The Morgan fingerprint density at radius 1 is 1.15 bits per heavy atom. The SMILES string of the molecule is CC/C(C)=C/CC/C(C)=C/C=[N+](\[O-])Cc1ccccc1. The molecule has 108 valence electrons. The van der Waals surface area contributed by atoms with Gasteiger partial charge in [0.2, 0.25) is 0 Å². The standard InChI is InChI=1S/C18H25NO/c1-4-16(2)9-8-10-17(3)13-14-19(20)15-18-11-6-5-7-12-18/h5-7,9,11-14H,4,8,10,15H2,1-3H3/b16-9+,17-13+,19-14-. The maximum Gasteiger partial charge on any atom is 0.178 e. The van der Waals surface area contributed by atoms with Crippen LogP contribution < -0.4 is 0 Å². The highest BCUT2D eigenvalue weighted by atomic mass is 16.5. The van der Waals surface area contributed by atoms with E-state index in [2.05, 4.69) is 26.8 Å². The molecule has 20 heavy (non-hydrogen) atoms. The second-order valence-corrected chi connectivity index (χ2v) is 5.17. The van der Waals surface area contributed by atoms with Gasteiger partial charge in [-0.15, -0.1) is 0 Å². The van der Waals surface area contributed by atoms with Gasteiger partial charge in [-0.2, -0.15) is 0 Å². The molecule has 0 aliphatic carbocycles. The zero-order chi connectivity index (χ0) is 14.8. The van der Waals surface area contributed by atoms with Crippen molar-refractivity contribution in [2.75, 3.05) is 0 Å². The lowest BCUT2D eigenvalue weighted by Gasteiger charge is -2.03. The van der Waals surface area contributed by atoms with Crippen molar-refractivity contribution in [2.45, 2.75) is 46.6 Å². The summed E-state index contributed by atoms with van der Waals surface area (Å²) in [5.74, 6) is 0. The van der Waals surface area contributed by atoms with E-state index in [1.807, 2.05) is 36.4 Å². The van der Waals surface area contributed by atoms with Gasteiger partial charge in [-0.3, -0.25) is 0 Å². The largest absolute Gasteiger partial charge is 0.624 e. The smallest absolute Gasteiger partial charge is 0.178 e. The lowest BCUT2D eigenvalue weighted by atomic mass is 10.1. The first kappa shape index (κ1) is 16.2. The Hall–Kier alpha value is -1.83. The summed E-state index contributed by atoms with van der Waals surface area (Å²) in [7, 11) is 0. The number of hydrogen-bond donors (Lipinski definition) is 0. The molecular weight excluding hydrogens is 246 g/mol. The van der Waals surface area contributed by atoms with Gasteiger partial charge in [-0.25, -0.2) is 4.74 Å². The summed E-state index contributed by atoms with van der Waals surface area (Å²) >= 11 is 0. The Morgan fingerprint density at radius 3 is 2.50 bits per heavy atom. The van der Waals surface area contributed by atoms with E-state index in [4.69, 9.17) is 0 Å². The van der Waals surface area contributed by atoms with Gasteiger partial charge in [0.1, 0.15) is 0 Å². The normalized spacial score (nSPS) is 13.7. The molecule has 1 rings (SSSR count). The molecule has 0 saturated carbocycles. The van der Waals surface area contributed by atoms with Crippen LogP contribution in [0.5, 0.6) is 0 Å². The molecule has 0 atom stereocenters. The lowest BCUT2D eigenvalue weighted by molar-refractivity contribution is -0.469. The minimum atomic E-state index is 0.402. The van der Waals surface area contributed by atoms with Crippen molar-refractivity contribution in [2.24, 2.45) is 0 Å². The number of hydroxylamine groups is 1. The van der Waals surface area contributed by atoms with Gasteiger partial charge in [0, 0.05) is 11.6 Å². The van der Waals surface area contributed by atoms with Crippen LogP contribution in [0.15, 0.2) is 53.6 Å². The molecule has 1 aromatic carbocycles.